The number of para-hydroxylation sites is 1. The third-order valence-electron chi connectivity index (χ3n) is 8.50. The number of nitrogens with zero attached hydrogens (tertiary/aromatic N) is 3. The Morgan fingerprint density at radius 1 is 0.977 bits per heavy atom. The Morgan fingerprint density at radius 3 is 2.33 bits per heavy atom. The van der Waals surface area contributed by atoms with Crippen LogP contribution in [-0.4, -0.2) is 77.4 Å². The molecular weight excluding hydrogens is 556 g/mol. The summed E-state index contributed by atoms with van der Waals surface area (Å²) in [6.07, 6.45) is -2.04. The zero-order valence-electron chi connectivity index (χ0n) is 25.7. The van der Waals surface area contributed by atoms with Gasteiger partial charge >= 0.3 is 12.4 Å². The maximum Gasteiger partial charge on any atom is 0.586 e. The summed E-state index contributed by atoms with van der Waals surface area (Å²) in [6, 6.07) is 14.4. The quantitative estimate of drug-likeness (QED) is 0.388. The first-order valence-corrected chi connectivity index (χ1v) is 15.3. The van der Waals surface area contributed by atoms with Gasteiger partial charge in [0.15, 0.2) is 11.5 Å². The number of piperidine rings is 1. The van der Waals surface area contributed by atoms with Crippen molar-refractivity contribution in [3.8, 4) is 11.5 Å². The van der Waals surface area contributed by atoms with E-state index in [2.05, 4.69) is 18.7 Å². The Hall–Kier alpha value is -3.40. The van der Waals surface area contributed by atoms with Gasteiger partial charge < -0.3 is 24.0 Å². The van der Waals surface area contributed by atoms with E-state index in [0.717, 1.165) is 18.4 Å². The number of hydrogen-bond donors (Lipinski definition) is 0. The Morgan fingerprint density at radius 2 is 1.67 bits per heavy atom. The minimum atomic E-state index is -3.71. The molecule has 2 aromatic rings. The van der Waals surface area contributed by atoms with Gasteiger partial charge in [0.25, 0.3) is 0 Å². The number of hydrogen-bond acceptors (Lipinski definition) is 6. The van der Waals surface area contributed by atoms with E-state index in [-0.39, 0.29) is 47.4 Å². The summed E-state index contributed by atoms with van der Waals surface area (Å²) in [5, 5.41) is 0. The molecular formula is C33H43F2N3O5. The van der Waals surface area contributed by atoms with Crippen molar-refractivity contribution < 1.29 is 32.6 Å². The minimum absolute atomic E-state index is 0.0235. The Labute approximate surface area is 252 Å². The summed E-state index contributed by atoms with van der Waals surface area (Å²) >= 11 is 0. The zero-order valence-corrected chi connectivity index (χ0v) is 25.7. The lowest BCUT2D eigenvalue weighted by Gasteiger charge is -2.47. The molecule has 0 aliphatic carbocycles. The second kappa shape index (κ2) is 12.3. The highest BCUT2D eigenvalue weighted by Gasteiger charge is 2.46. The summed E-state index contributed by atoms with van der Waals surface area (Å²) in [6.45, 7) is 12.7. The summed E-state index contributed by atoms with van der Waals surface area (Å²) in [5.41, 5.74) is 1.03. The number of benzene rings is 2. The number of piperazine rings is 1. The minimum Gasteiger partial charge on any atom is -0.444 e. The molecule has 10 heteroatoms. The van der Waals surface area contributed by atoms with E-state index in [1.54, 1.807) is 11.0 Å². The van der Waals surface area contributed by atoms with Gasteiger partial charge in [0.2, 0.25) is 5.91 Å². The van der Waals surface area contributed by atoms with Crippen LogP contribution in [0.5, 0.6) is 11.5 Å². The van der Waals surface area contributed by atoms with Gasteiger partial charge in [-0.3, -0.25) is 9.69 Å². The Balaban J connectivity index is 1.29. The van der Waals surface area contributed by atoms with Crippen molar-refractivity contribution >= 4 is 12.0 Å². The van der Waals surface area contributed by atoms with Crippen LogP contribution in [0, 0.1) is 11.8 Å². The van der Waals surface area contributed by atoms with Crippen molar-refractivity contribution in [1.82, 2.24) is 14.7 Å². The summed E-state index contributed by atoms with van der Waals surface area (Å²) in [5.74, 6) is 0.596. The van der Waals surface area contributed by atoms with Gasteiger partial charge in [0.1, 0.15) is 5.60 Å². The molecule has 0 radical (unpaired) electrons. The average Bonchev–Trinajstić information content (AvgIpc) is 3.27. The molecule has 3 aliphatic heterocycles. The molecule has 3 aliphatic rings. The van der Waals surface area contributed by atoms with Crippen molar-refractivity contribution in [2.45, 2.75) is 77.9 Å². The first-order chi connectivity index (χ1) is 20.3. The predicted molar refractivity (Wildman–Crippen MR) is 158 cm³/mol. The van der Waals surface area contributed by atoms with Crippen LogP contribution in [0.1, 0.15) is 71.0 Å². The highest BCUT2D eigenvalue weighted by Crippen LogP contribution is 2.48. The number of halogens is 2. The van der Waals surface area contributed by atoms with Crippen LogP contribution in [0.2, 0.25) is 0 Å². The lowest BCUT2D eigenvalue weighted by molar-refractivity contribution is -0.287. The summed E-state index contributed by atoms with van der Waals surface area (Å²) < 4.78 is 43.5. The molecule has 2 atom stereocenters. The van der Waals surface area contributed by atoms with E-state index in [1.807, 2.05) is 62.1 Å². The lowest BCUT2D eigenvalue weighted by Crippen LogP contribution is -2.58. The molecule has 234 valence electrons. The third-order valence-corrected chi connectivity index (χ3v) is 8.50. The molecule has 0 saturated carbocycles. The fourth-order valence-electron chi connectivity index (χ4n) is 6.39. The molecule has 2 fully saturated rings. The van der Waals surface area contributed by atoms with Gasteiger partial charge in [0, 0.05) is 50.7 Å². The van der Waals surface area contributed by atoms with E-state index >= 15 is 0 Å². The lowest BCUT2D eigenvalue weighted by atomic mass is 9.90. The number of ether oxygens (including phenoxy) is 3. The van der Waals surface area contributed by atoms with Crippen LogP contribution in [-0.2, 0) is 9.53 Å². The first-order valence-electron chi connectivity index (χ1n) is 15.3. The van der Waals surface area contributed by atoms with Crippen molar-refractivity contribution in [3.05, 3.63) is 59.7 Å². The van der Waals surface area contributed by atoms with Crippen LogP contribution in [0.15, 0.2) is 48.5 Å². The molecule has 5 rings (SSSR count). The molecule has 3 heterocycles. The predicted octanol–water partition coefficient (Wildman–Crippen LogP) is 6.30. The Kier molecular flexibility index (Phi) is 8.88. The van der Waals surface area contributed by atoms with E-state index in [4.69, 9.17) is 14.2 Å². The Bertz CT molecular complexity index is 1290. The number of likely N-dealkylation sites (tertiary alicyclic amines) is 1. The second-order valence-corrected chi connectivity index (χ2v) is 13.2. The van der Waals surface area contributed by atoms with E-state index in [9.17, 15) is 18.4 Å². The monoisotopic (exact) mass is 599 g/mol. The number of alkyl halides is 2. The van der Waals surface area contributed by atoms with Crippen molar-refractivity contribution in [3.63, 3.8) is 0 Å². The number of rotatable bonds is 6. The van der Waals surface area contributed by atoms with E-state index in [0.29, 0.717) is 44.7 Å². The number of carbonyl (C=O) groups excluding carboxylic acids is 2. The summed E-state index contributed by atoms with van der Waals surface area (Å²) in [7, 11) is 0. The molecule has 43 heavy (non-hydrogen) atoms. The number of carbonyl (C=O) groups is 2. The standard InChI is InChI=1S/C33H43F2N3O5/c1-22(2)26-21-37(18-19-38(26)28(39)20-23-14-16-36(17-15-23)31(40)43-32(3,4)5)29(24-10-7-6-8-11-24)25-12-9-13-27-30(25)42-33(34,35)41-27/h6-13,22-23,26,29H,14-21H2,1-5H3. The normalized spacial score (nSPS) is 21.6. The molecule has 0 spiro atoms. The first kappa shape index (κ1) is 31.0. The highest BCUT2D eigenvalue weighted by atomic mass is 19.3. The molecule has 0 aromatic heterocycles. The molecule has 2 aromatic carbocycles. The van der Waals surface area contributed by atoms with Crippen LogP contribution in [0.3, 0.4) is 0 Å². The molecule has 2 amide bonds. The third kappa shape index (κ3) is 7.22. The van der Waals surface area contributed by atoms with Crippen molar-refractivity contribution in [1.29, 1.82) is 0 Å². The zero-order chi connectivity index (χ0) is 30.9. The van der Waals surface area contributed by atoms with Crippen LogP contribution in [0.4, 0.5) is 13.6 Å². The maximum absolute atomic E-state index is 14.1. The molecule has 8 nitrogen and oxygen atoms in total. The van der Waals surface area contributed by atoms with Gasteiger partial charge in [-0.25, -0.2) is 4.79 Å². The topological polar surface area (TPSA) is 71.6 Å². The van der Waals surface area contributed by atoms with Gasteiger partial charge in [-0.15, -0.1) is 8.78 Å². The average molecular weight is 600 g/mol. The van der Waals surface area contributed by atoms with Crippen molar-refractivity contribution in [2.75, 3.05) is 32.7 Å². The molecule has 2 unspecified atom stereocenters. The van der Waals surface area contributed by atoms with Gasteiger partial charge in [0.05, 0.1) is 6.04 Å². The van der Waals surface area contributed by atoms with E-state index < -0.39 is 11.9 Å². The fourth-order valence-corrected chi connectivity index (χ4v) is 6.39. The number of amides is 2. The van der Waals surface area contributed by atoms with Gasteiger partial charge in [-0.05, 0) is 57.1 Å². The summed E-state index contributed by atoms with van der Waals surface area (Å²) in [4.78, 5) is 32.2. The SMILES string of the molecule is CC(C)C1CN(C(c2ccccc2)c2cccc3c2OC(F)(F)O3)CCN1C(=O)CC1CCN(C(=O)OC(C)(C)C)CC1. The molecule has 0 N–H and O–H groups in total. The van der Waals surface area contributed by atoms with Crippen LogP contribution in [0.25, 0.3) is 0 Å². The second-order valence-electron chi connectivity index (χ2n) is 13.2. The molecule has 0 bridgehead atoms. The van der Waals surface area contributed by atoms with Gasteiger partial charge in [-0.2, -0.15) is 0 Å². The van der Waals surface area contributed by atoms with Crippen LogP contribution >= 0.6 is 0 Å². The van der Waals surface area contributed by atoms with Crippen LogP contribution < -0.4 is 9.47 Å². The fraction of sp³-hybridized carbons (Fsp3) is 0.576. The highest BCUT2D eigenvalue weighted by molar-refractivity contribution is 5.77. The smallest absolute Gasteiger partial charge is 0.444 e. The maximum atomic E-state index is 14.1. The van der Waals surface area contributed by atoms with E-state index in [1.165, 1.54) is 6.07 Å². The number of fused-ring (bicyclic) bond motifs is 1. The largest absolute Gasteiger partial charge is 0.586 e. The van der Waals surface area contributed by atoms with Gasteiger partial charge in [-0.1, -0.05) is 56.3 Å². The molecule has 2 saturated heterocycles. The van der Waals surface area contributed by atoms with Crippen molar-refractivity contribution in [2.24, 2.45) is 11.8 Å².